The van der Waals surface area contributed by atoms with Crippen LogP contribution in [0.3, 0.4) is 0 Å². The largest absolute Gasteiger partial charge is 0.369 e. The van der Waals surface area contributed by atoms with Gasteiger partial charge < -0.3 is 10.3 Å². The molecule has 0 aliphatic heterocycles. The average molecular weight is 185 g/mol. The molecule has 0 unspecified atom stereocenters. The molecule has 3 nitrogen and oxygen atoms in total. The summed E-state index contributed by atoms with van der Waals surface area (Å²) < 4.78 is 2.07. The minimum absolute atomic E-state index is 0.398. The van der Waals surface area contributed by atoms with Gasteiger partial charge in [0.15, 0.2) is 0 Å². The van der Waals surface area contributed by atoms with Crippen LogP contribution in [0, 0.1) is 0 Å². The molecule has 0 saturated heterocycles. The lowest BCUT2D eigenvalue weighted by Gasteiger charge is -2.12. The van der Waals surface area contributed by atoms with E-state index >= 15 is 0 Å². The number of imidazole rings is 1. The minimum Gasteiger partial charge on any atom is -0.369 e. The summed E-state index contributed by atoms with van der Waals surface area (Å²) in [6, 6.07) is 0.398. The van der Waals surface area contributed by atoms with Crippen molar-refractivity contribution in [1.82, 2.24) is 9.55 Å². The molecule has 0 saturated carbocycles. The maximum Gasteiger partial charge on any atom is 0.200 e. The van der Waals surface area contributed by atoms with Crippen LogP contribution in [0.15, 0.2) is 6.20 Å². The lowest BCUT2D eigenvalue weighted by atomic mass is 10.3. The zero-order chi connectivity index (χ0) is 9.14. The van der Waals surface area contributed by atoms with E-state index in [4.69, 9.17) is 5.73 Å². The van der Waals surface area contributed by atoms with Crippen LogP contribution in [0.2, 0.25) is 0 Å². The van der Waals surface area contributed by atoms with Crippen LogP contribution < -0.4 is 5.73 Å². The van der Waals surface area contributed by atoms with Crippen molar-refractivity contribution >= 4 is 17.7 Å². The lowest BCUT2D eigenvalue weighted by molar-refractivity contribution is 0.593. The Labute approximate surface area is 77.4 Å². The van der Waals surface area contributed by atoms with E-state index < -0.39 is 0 Å². The molecule has 0 amide bonds. The Morgan fingerprint density at radius 2 is 2.33 bits per heavy atom. The van der Waals surface area contributed by atoms with Crippen molar-refractivity contribution < 1.29 is 0 Å². The molecule has 0 atom stereocenters. The molecule has 0 spiro atoms. The van der Waals surface area contributed by atoms with E-state index in [2.05, 4.69) is 29.7 Å². The molecule has 0 radical (unpaired) electrons. The molecule has 0 aromatic carbocycles. The van der Waals surface area contributed by atoms with Gasteiger partial charge in [0.1, 0.15) is 0 Å². The molecule has 4 heteroatoms. The van der Waals surface area contributed by atoms with Crippen LogP contribution in [-0.4, -0.2) is 15.8 Å². The van der Waals surface area contributed by atoms with Crippen LogP contribution in [0.1, 0.15) is 25.6 Å². The third-order valence-electron chi connectivity index (χ3n) is 1.71. The summed E-state index contributed by atoms with van der Waals surface area (Å²) in [5, 5.41) is 0. The topological polar surface area (TPSA) is 43.8 Å². The van der Waals surface area contributed by atoms with Gasteiger partial charge in [-0.1, -0.05) is 0 Å². The second kappa shape index (κ2) is 3.85. The van der Waals surface area contributed by atoms with Gasteiger partial charge in [0, 0.05) is 17.5 Å². The fraction of sp³-hybridized carbons (Fsp3) is 0.625. The second-order valence-electron chi connectivity index (χ2n) is 3.00. The first-order valence-electron chi connectivity index (χ1n) is 3.97. The highest BCUT2D eigenvalue weighted by Crippen LogP contribution is 2.18. The number of hydrogen-bond donors (Lipinski definition) is 1. The molecule has 1 aromatic rings. The van der Waals surface area contributed by atoms with E-state index in [0.29, 0.717) is 12.0 Å². The number of thioether (sulfide) groups is 1. The average Bonchev–Trinajstić information content (AvgIpc) is 2.32. The van der Waals surface area contributed by atoms with E-state index in [0.717, 1.165) is 5.75 Å². The van der Waals surface area contributed by atoms with Crippen molar-refractivity contribution in [2.75, 3.05) is 12.0 Å². The Bertz CT molecular complexity index is 255. The Hall–Kier alpha value is -0.640. The quantitative estimate of drug-likeness (QED) is 0.782. The van der Waals surface area contributed by atoms with Crippen molar-refractivity contribution in [2.45, 2.75) is 25.6 Å². The van der Waals surface area contributed by atoms with Crippen LogP contribution in [-0.2, 0) is 5.75 Å². The molecule has 1 rings (SSSR count). The highest BCUT2D eigenvalue weighted by atomic mass is 32.2. The summed E-state index contributed by atoms with van der Waals surface area (Å²) in [5.74, 6) is 1.59. The van der Waals surface area contributed by atoms with Gasteiger partial charge >= 0.3 is 0 Å². The molecule has 1 aromatic heterocycles. The molecule has 0 bridgehead atoms. The maximum absolute atomic E-state index is 5.72. The normalized spacial score (nSPS) is 11.0. The van der Waals surface area contributed by atoms with E-state index in [1.54, 1.807) is 11.8 Å². The molecule has 0 fully saturated rings. The van der Waals surface area contributed by atoms with Crippen LogP contribution in [0.25, 0.3) is 0 Å². The van der Waals surface area contributed by atoms with Gasteiger partial charge in [-0.15, -0.1) is 0 Å². The Morgan fingerprint density at radius 1 is 1.67 bits per heavy atom. The predicted molar refractivity (Wildman–Crippen MR) is 54.2 cm³/mol. The first-order chi connectivity index (χ1) is 5.66. The number of anilines is 1. The maximum atomic E-state index is 5.72. The molecule has 0 aliphatic carbocycles. The second-order valence-corrected chi connectivity index (χ2v) is 3.87. The number of aromatic nitrogens is 2. The minimum atomic E-state index is 0.398. The summed E-state index contributed by atoms with van der Waals surface area (Å²) >= 11 is 1.78. The summed E-state index contributed by atoms with van der Waals surface area (Å²) in [6.07, 6.45) is 3.93. The first-order valence-corrected chi connectivity index (χ1v) is 5.36. The standard InChI is InChI=1S/C8H15N3S/c1-6(2)11-7(5-12-3)4-10-8(11)9/h4,6H,5H2,1-3H3,(H2,9,10). The SMILES string of the molecule is CSCc1cnc(N)n1C(C)C. The van der Waals surface area contributed by atoms with E-state index in [9.17, 15) is 0 Å². The summed E-state index contributed by atoms with van der Waals surface area (Å²) in [6.45, 7) is 4.23. The zero-order valence-corrected chi connectivity index (χ0v) is 8.56. The summed E-state index contributed by atoms with van der Waals surface area (Å²) in [7, 11) is 0. The van der Waals surface area contributed by atoms with Gasteiger partial charge in [0.05, 0.1) is 6.20 Å². The lowest BCUT2D eigenvalue weighted by Crippen LogP contribution is -2.08. The van der Waals surface area contributed by atoms with Crippen molar-refractivity contribution in [3.8, 4) is 0 Å². The fourth-order valence-electron chi connectivity index (χ4n) is 1.26. The highest BCUT2D eigenvalue weighted by molar-refractivity contribution is 7.97. The van der Waals surface area contributed by atoms with Crippen molar-refractivity contribution in [1.29, 1.82) is 0 Å². The Kier molecular flexibility index (Phi) is 3.03. The van der Waals surface area contributed by atoms with Gasteiger partial charge in [-0.3, -0.25) is 0 Å². The van der Waals surface area contributed by atoms with E-state index in [-0.39, 0.29) is 0 Å². The number of nitrogen functional groups attached to an aromatic ring is 1. The molecule has 2 N–H and O–H groups in total. The van der Waals surface area contributed by atoms with Gasteiger partial charge in [-0.05, 0) is 20.1 Å². The van der Waals surface area contributed by atoms with Gasteiger partial charge in [0.25, 0.3) is 0 Å². The number of nitrogens with zero attached hydrogens (tertiary/aromatic N) is 2. The van der Waals surface area contributed by atoms with Crippen molar-refractivity contribution in [2.24, 2.45) is 0 Å². The van der Waals surface area contributed by atoms with Crippen molar-refractivity contribution in [3.05, 3.63) is 11.9 Å². The number of rotatable bonds is 3. The highest BCUT2D eigenvalue weighted by Gasteiger charge is 2.08. The molecular formula is C8H15N3S. The number of hydrogen-bond acceptors (Lipinski definition) is 3. The van der Waals surface area contributed by atoms with Crippen LogP contribution in [0.5, 0.6) is 0 Å². The van der Waals surface area contributed by atoms with Gasteiger partial charge in [-0.25, -0.2) is 4.98 Å². The molecular weight excluding hydrogens is 170 g/mol. The van der Waals surface area contributed by atoms with Crippen LogP contribution in [0.4, 0.5) is 5.95 Å². The van der Waals surface area contributed by atoms with Gasteiger partial charge in [0.2, 0.25) is 5.95 Å². The molecule has 68 valence electrons. The molecule has 12 heavy (non-hydrogen) atoms. The number of nitrogens with two attached hydrogens (primary N) is 1. The third-order valence-corrected chi connectivity index (χ3v) is 2.30. The van der Waals surface area contributed by atoms with E-state index in [1.165, 1.54) is 5.69 Å². The molecule has 1 heterocycles. The van der Waals surface area contributed by atoms with Gasteiger partial charge in [-0.2, -0.15) is 11.8 Å². The summed E-state index contributed by atoms with van der Waals surface area (Å²) in [5.41, 5.74) is 6.92. The van der Waals surface area contributed by atoms with Crippen molar-refractivity contribution in [3.63, 3.8) is 0 Å². The van der Waals surface area contributed by atoms with Crippen LogP contribution >= 0.6 is 11.8 Å². The predicted octanol–water partition coefficient (Wildman–Crippen LogP) is 1.91. The smallest absolute Gasteiger partial charge is 0.200 e. The third kappa shape index (κ3) is 1.75. The monoisotopic (exact) mass is 185 g/mol. The molecule has 0 aliphatic rings. The van der Waals surface area contributed by atoms with E-state index in [1.807, 2.05) is 6.20 Å². The first kappa shape index (κ1) is 9.45. The summed E-state index contributed by atoms with van der Waals surface area (Å²) in [4.78, 5) is 4.08. The zero-order valence-electron chi connectivity index (χ0n) is 7.74. The Balaban J connectivity index is 2.95. The Morgan fingerprint density at radius 3 is 2.83 bits per heavy atom. The fourth-order valence-corrected chi connectivity index (χ4v) is 1.77.